The zero-order valence-corrected chi connectivity index (χ0v) is 22.3. The molecule has 0 spiro atoms. The maximum absolute atomic E-state index is 13.1. The number of halogens is 1. The van der Waals surface area contributed by atoms with Crippen LogP contribution in [0.5, 0.6) is 5.75 Å². The largest absolute Gasteiger partial charge is 0.485 e. The van der Waals surface area contributed by atoms with E-state index in [2.05, 4.69) is 22.1 Å². The van der Waals surface area contributed by atoms with Gasteiger partial charge in [-0.2, -0.15) is 0 Å². The molecule has 1 amide bonds. The molecule has 0 unspecified atom stereocenters. The highest BCUT2D eigenvalue weighted by molar-refractivity contribution is 7.99. The molecule has 0 saturated carbocycles. The third-order valence-electron chi connectivity index (χ3n) is 5.75. The lowest BCUT2D eigenvalue weighted by Crippen LogP contribution is -2.23. The van der Waals surface area contributed by atoms with Gasteiger partial charge in [0.15, 0.2) is 11.0 Å². The summed E-state index contributed by atoms with van der Waals surface area (Å²) in [4.78, 5) is 25.9. The summed E-state index contributed by atoms with van der Waals surface area (Å²) in [5, 5.41) is 12.4. The number of nitrogens with one attached hydrogen (secondary N) is 1. The Morgan fingerprint density at radius 1 is 1.19 bits per heavy atom. The maximum Gasteiger partial charge on any atom is 0.295 e. The zero-order valence-electron chi connectivity index (χ0n) is 20.8. The monoisotopic (exact) mass is 538 g/mol. The van der Waals surface area contributed by atoms with Crippen molar-refractivity contribution in [3.8, 4) is 11.4 Å². The number of thioether (sulfide) groups is 1. The number of nitrogens with zero attached hydrogens (tertiary/aromatic N) is 5. The predicted octanol–water partition coefficient (Wildman–Crippen LogP) is 4.53. The molecule has 37 heavy (non-hydrogen) atoms. The van der Waals surface area contributed by atoms with E-state index in [0.29, 0.717) is 39.7 Å². The Labute approximate surface area is 223 Å². The third-order valence-corrected chi connectivity index (χ3v) is 6.95. The van der Waals surface area contributed by atoms with Crippen LogP contribution >= 0.6 is 23.4 Å². The van der Waals surface area contributed by atoms with Gasteiger partial charge in [-0.15, -0.1) is 16.8 Å². The number of aryl methyl sites for hydroxylation is 1. The van der Waals surface area contributed by atoms with Crippen LogP contribution in [0.1, 0.15) is 17.1 Å². The van der Waals surface area contributed by atoms with Crippen molar-refractivity contribution in [3.63, 3.8) is 0 Å². The molecular weight excluding hydrogens is 512 g/mol. The zero-order chi connectivity index (χ0) is 26.5. The van der Waals surface area contributed by atoms with E-state index in [1.807, 2.05) is 54.0 Å². The van der Waals surface area contributed by atoms with Crippen molar-refractivity contribution >= 4 is 35.0 Å². The van der Waals surface area contributed by atoms with E-state index in [1.165, 1.54) is 16.4 Å². The molecule has 2 aromatic heterocycles. The number of aromatic nitrogens is 5. The Morgan fingerprint density at radius 2 is 1.95 bits per heavy atom. The van der Waals surface area contributed by atoms with Crippen LogP contribution in [-0.4, -0.2) is 35.8 Å². The molecule has 11 heteroatoms. The molecule has 4 aromatic rings. The highest BCUT2D eigenvalue weighted by Gasteiger charge is 2.19. The summed E-state index contributed by atoms with van der Waals surface area (Å²) in [6.45, 7) is 8.16. The number of amides is 1. The van der Waals surface area contributed by atoms with Crippen LogP contribution in [0.3, 0.4) is 0 Å². The molecule has 4 rings (SSSR count). The van der Waals surface area contributed by atoms with E-state index in [0.717, 1.165) is 5.56 Å². The molecule has 0 bridgehead atoms. The summed E-state index contributed by atoms with van der Waals surface area (Å²) < 4.78 is 11.0. The average Bonchev–Trinajstić information content (AvgIpc) is 3.36. The first-order valence-electron chi connectivity index (χ1n) is 11.5. The molecule has 1 N–H and O–H groups in total. The number of carbonyl (C=O) groups excluding carboxylic acids is 1. The second-order valence-electron chi connectivity index (χ2n) is 8.27. The summed E-state index contributed by atoms with van der Waals surface area (Å²) in [5.41, 5.74) is 2.23. The summed E-state index contributed by atoms with van der Waals surface area (Å²) in [6.07, 6.45) is 1.73. The van der Waals surface area contributed by atoms with Gasteiger partial charge in [-0.25, -0.2) is 4.68 Å². The van der Waals surface area contributed by atoms with E-state index in [4.69, 9.17) is 16.3 Å². The summed E-state index contributed by atoms with van der Waals surface area (Å²) in [6, 6.07) is 14.7. The van der Waals surface area contributed by atoms with Crippen molar-refractivity contribution in [1.29, 1.82) is 0 Å². The lowest BCUT2D eigenvalue weighted by atomic mass is 10.2. The molecule has 2 heterocycles. The average molecular weight is 539 g/mol. The normalized spacial score (nSPS) is 10.9. The Hall–Kier alpha value is -3.76. The fraction of sp³-hybridized carbons (Fsp3) is 0.231. The van der Waals surface area contributed by atoms with Gasteiger partial charge in [0.2, 0.25) is 5.91 Å². The van der Waals surface area contributed by atoms with Crippen LogP contribution in [0, 0.1) is 13.8 Å². The van der Waals surface area contributed by atoms with Crippen LogP contribution in [0.25, 0.3) is 5.69 Å². The quantitative estimate of drug-likeness (QED) is 0.235. The first-order chi connectivity index (χ1) is 17.8. The van der Waals surface area contributed by atoms with Crippen molar-refractivity contribution in [3.05, 3.63) is 93.6 Å². The van der Waals surface area contributed by atoms with Crippen LogP contribution in [0.2, 0.25) is 5.02 Å². The molecule has 2 aromatic carbocycles. The van der Waals surface area contributed by atoms with Gasteiger partial charge < -0.3 is 10.1 Å². The third kappa shape index (κ3) is 5.81. The minimum absolute atomic E-state index is 0.0472. The van der Waals surface area contributed by atoms with Gasteiger partial charge in [-0.05, 0) is 49.7 Å². The SMILES string of the molecule is C=CCn1c(COc2ccc(Cl)cc2C)nnc1SCC(=O)Nc1c(C)n(C)n(-c2ccccc2)c1=O. The molecule has 9 nitrogen and oxygen atoms in total. The van der Waals surface area contributed by atoms with Gasteiger partial charge in [0.25, 0.3) is 5.56 Å². The predicted molar refractivity (Wildman–Crippen MR) is 146 cm³/mol. The van der Waals surface area contributed by atoms with Gasteiger partial charge in [0.1, 0.15) is 18.0 Å². The van der Waals surface area contributed by atoms with Crippen LogP contribution in [0.15, 0.2) is 71.1 Å². The molecule has 0 aliphatic rings. The van der Waals surface area contributed by atoms with Gasteiger partial charge in [0, 0.05) is 18.6 Å². The topological polar surface area (TPSA) is 96.0 Å². The van der Waals surface area contributed by atoms with Gasteiger partial charge >= 0.3 is 0 Å². The van der Waals surface area contributed by atoms with Crippen LogP contribution in [0.4, 0.5) is 5.69 Å². The van der Waals surface area contributed by atoms with Gasteiger partial charge in [-0.3, -0.25) is 18.8 Å². The fourth-order valence-electron chi connectivity index (χ4n) is 3.78. The number of allylic oxidation sites excluding steroid dienone is 1. The van der Waals surface area contributed by atoms with Crippen LogP contribution < -0.4 is 15.6 Å². The number of anilines is 1. The van der Waals surface area contributed by atoms with E-state index < -0.39 is 0 Å². The maximum atomic E-state index is 13.1. The minimum Gasteiger partial charge on any atom is -0.485 e. The van der Waals surface area contributed by atoms with E-state index in [1.54, 1.807) is 30.8 Å². The Kier molecular flexibility index (Phi) is 8.20. The molecule has 0 aliphatic carbocycles. The van der Waals surface area contributed by atoms with E-state index >= 15 is 0 Å². The molecule has 0 atom stereocenters. The number of rotatable bonds is 10. The standard InChI is InChI=1S/C26H27ClN6O3S/c1-5-13-32-22(15-36-21-12-11-19(27)14-17(21)2)29-30-26(32)37-16-23(34)28-24-18(3)31(4)33(25(24)35)20-9-7-6-8-10-20/h5-12,14H,1,13,15-16H2,2-4H3,(H,28,34). The molecule has 0 fully saturated rings. The highest BCUT2D eigenvalue weighted by Crippen LogP contribution is 2.24. The minimum atomic E-state index is -0.321. The number of hydrogen-bond donors (Lipinski definition) is 1. The number of benzene rings is 2. The molecular formula is C26H27ClN6O3S. The van der Waals surface area contributed by atoms with Crippen molar-refractivity contribution in [2.75, 3.05) is 11.1 Å². The van der Waals surface area contributed by atoms with Crippen molar-refractivity contribution in [2.45, 2.75) is 32.2 Å². The number of hydrogen-bond acceptors (Lipinski definition) is 6. The number of ether oxygens (including phenoxy) is 1. The second kappa shape index (κ2) is 11.5. The van der Waals surface area contributed by atoms with Crippen LogP contribution in [-0.2, 0) is 25.0 Å². The highest BCUT2D eigenvalue weighted by atomic mass is 35.5. The first-order valence-corrected chi connectivity index (χ1v) is 12.8. The Bertz CT molecular complexity index is 1490. The van der Waals surface area contributed by atoms with E-state index in [9.17, 15) is 9.59 Å². The summed E-state index contributed by atoms with van der Waals surface area (Å²) in [5.74, 6) is 1.03. The summed E-state index contributed by atoms with van der Waals surface area (Å²) >= 11 is 7.24. The lowest BCUT2D eigenvalue weighted by molar-refractivity contribution is -0.113. The summed E-state index contributed by atoms with van der Waals surface area (Å²) in [7, 11) is 1.78. The molecule has 0 radical (unpaired) electrons. The molecule has 0 aliphatic heterocycles. The Morgan fingerprint density at radius 3 is 2.65 bits per heavy atom. The van der Waals surface area contributed by atoms with E-state index in [-0.39, 0.29) is 29.5 Å². The number of carbonyl (C=O) groups is 1. The van der Waals surface area contributed by atoms with Crippen molar-refractivity contribution in [1.82, 2.24) is 24.1 Å². The molecule has 192 valence electrons. The second-order valence-corrected chi connectivity index (χ2v) is 9.65. The number of para-hydroxylation sites is 1. The van der Waals surface area contributed by atoms with Gasteiger partial charge in [0.05, 0.1) is 17.1 Å². The lowest BCUT2D eigenvalue weighted by Gasteiger charge is -2.11. The van der Waals surface area contributed by atoms with Crippen molar-refractivity contribution in [2.24, 2.45) is 7.05 Å². The van der Waals surface area contributed by atoms with Crippen molar-refractivity contribution < 1.29 is 9.53 Å². The smallest absolute Gasteiger partial charge is 0.295 e. The van der Waals surface area contributed by atoms with Gasteiger partial charge in [-0.1, -0.05) is 47.6 Å². The Balaban J connectivity index is 1.44. The molecule has 0 saturated heterocycles. The first kappa shape index (κ1) is 26.3. The fourth-order valence-corrected chi connectivity index (χ4v) is 4.77.